The zero-order valence-corrected chi connectivity index (χ0v) is 6.02. The van der Waals surface area contributed by atoms with Crippen LogP contribution in [0.4, 0.5) is 5.69 Å². The number of hydrogen-bond donors (Lipinski definition) is 1. The van der Waals surface area contributed by atoms with E-state index >= 15 is 0 Å². The van der Waals surface area contributed by atoms with Gasteiger partial charge in [0.1, 0.15) is 6.20 Å². The molecule has 2 aromatic heterocycles. The summed E-state index contributed by atoms with van der Waals surface area (Å²) in [6.07, 6.45) is 2.94. The molecule has 0 aliphatic carbocycles. The molecular formula is C7H5N3O2. The van der Waals surface area contributed by atoms with E-state index in [-0.39, 0.29) is 5.69 Å². The van der Waals surface area contributed by atoms with Gasteiger partial charge in [-0.05, 0) is 6.07 Å². The lowest BCUT2D eigenvalue weighted by molar-refractivity contribution is -0.385. The summed E-state index contributed by atoms with van der Waals surface area (Å²) in [5, 5.41) is 10.3. The highest BCUT2D eigenvalue weighted by Crippen LogP contribution is 2.15. The van der Waals surface area contributed by atoms with Crippen LogP contribution in [0, 0.1) is 10.1 Å². The van der Waals surface area contributed by atoms with Crippen molar-refractivity contribution in [3.63, 3.8) is 0 Å². The molecule has 0 saturated carbocycles. The van der Waals surface area contributed by atoms with Gasteiger partial charge in [-0.25, -0.2) is 4.98 Å². The number of pyridine rings is 1. The van der Waals surface area contributed by atoms with Gasteiger partial charge < -0.3 is 4.98 Å². The van der Waals surface area contributed by atoms with E-state index in [1.165, 1.54) is 12.3 Å². The Morgan fingerprint density at radius 1 is 1.58 bits per heavy atom. The van der Waals surface area contributed by atoms with Crippen molar-refractivity contribution in [1.82, 2.24) is 9.97 Å². The Morgan fingerprint density at radius 2 is 2.42 bits per heavy atom. The predicted molar refractivity (Wildman–Crippen MR) is 42.7 cm³/mol. The Bertz CT molecular complexity index is 435. The summed E-state index contributed by atoms with van der Waals surface area (Å²) in [6, 6.07) is 3.22. The second kappa shape index (κ2) is 2.30. The zero-order valence-electron chi connectivity index (χ0n) is 6.02. The minimum atomic E-state index is -0.465. The first-order valence-corrected chi connectivity index (χ1v) is 3.35. The molecule has 2 heterocycles. The summed E-state index contributed by atoms with van der Waals surface area (Å²) in [6.45, 7) is 0. The van der Waals surface area contributed by atoms with Crippen molar-refractivity contribution in [2.75, 3.05) is 0 Å². The summed E-state index contributed by atoms with van der Waals surface area (Å²) in [4.78, 5) is 16.6. The number of fused-ring (bicyclic) bond motifs is 1. The highest BCUT2D eigenvalue weighted by atomic mass is 16.6. The van der Waals surface area contributed by atoms with Crippen molar-refractivity contribution >= 4 is 16.7 Å². The summed E-state index contributed by atoms with van der Waals surface area (Å²) < 4.78 is 0. The van der Waals surface area contributed by atoms with E-state index in [1.807, 2.05) is 0 Å². The molecule has 0 aliphatic rings. The third kappa shape index (κ3) is 0.914. The van der Waals surface area contributed by atoms with Crippen LogP contribution in [-0.4, -0.2) is 14.9 Å². The van der Waals surface area contributed by atoms with Crippen molar-refractivity contribution in [2.24, 2.45) is 0 Å². The average molecular weight is 163 g/mol. The Morgan fingerprint density at radius 3 is 3.17 bits per heavy atom. The zero-order chi connectivity index (χ0) is 8.55. The molecule has 60 valence electrons. The molecular weight excluding hydrogens is 158 g/mol. The third-order valence-corrected chi connectivity index (χ3v) is 1.59. The van der Waals surface area contributed by atoms with E-state index < -0.39 is 4.92 Å². The van der Waals surface area contributed by atoms with Crippen LogP contribution in [0.5, 0.6) is 0 Å². The van der Waals surface area contributed by atoms with Crippen molar-refractivity contribution in [3.8, 4) is 0 Å². The van der Waals surface area contributed by atoms with Crippen LogP contribution in [0.1, 0.15) is 0 Å². The Hall–Kier alpha value is -1.91. The number of aromatic amines is 1. The number of nitrogens with zero attached hydrogens (tertiary/aromatic N) is 2. The topological polar surface area (TPSA) is 71.8 Å². The van der Waals surface area contributed by atoms with Crippen LogP contribution in [0.2, 0.25) is 0 Å². The summed E-state index contributed by atoms with van der Waals surface area (Å²) in [5.74, 6) is 0. The third-order valence-electron chi connectivity index (χ3n) is 1.59. The van der Waals surface area contributed by atoms with E-state index in [9.17, 15) is 10.1 Å². The monoisotopic (exact) mass is 163 g/mol. The van der Waals surface area contributed by atoms with Gasteiger partial charge in [-0.2, -0.15) is 0 Å². The molecule has 0 radical (unpaired) electrons. The number of aromatic nitrogens is 2. The Labute approximate surface area is 67.2 Å². The van der Waals surface area contributed by atoms with Gasteiger partial charge in [-0.1, -0.05) is 0 Å². The van der Waals surface area contributed by atoms with Crippen LogP contribution >= 0.6 is 0 Å². The molecule has 0 saturated heterocycles. The standard InChI is InChI=1S/C7H5N3O2/c11-10(12)5-3-7-6(9-4-5)1-2-8-7/h1-4,8H. The molecule has 0 spiro atoms. The maximum Gasteiger partial charge on any atom is 0.289 e. The average Bonchev–Trinajstić information content (AvgIpc) is 2.49. The molecule has 0 aliphatic heterocycles. The SMILES string of the molecule is O=[N+]([O-])c1cnc2cc[nH]c2c1. The fourth-order valence-electron chi connectivity index (χ4n) is 1.02. The summed E-state index contributed by atoms with van der Waals surface area (Å²) >= 11 is 0. The van der Waals surface area contributed by atoms with Gasteiger partial charge in [0.2, 0.25) is 0 Å². The first-order valence-electron chi connectivity index (χ1n) is 3.35. The van der Waals surface area contributed by atoms with Crippen LogP contribution < -0.4 is 0 Å². The van der Waals surface area contributed by atoms with Gasteiger partial charge in [-0.15, -0.1) is 0 Å². The van der Waals surface area contributed by atoms with Crippen LogP contribution in [0.25, 0.3) is 11.0 Å². The molecule has 0 aromatic carbocycles. The van der Waals surface area contributed by atoms with E-state index in [0.29, 0.717) is 5.52 Å². The fraction of sp³-hybridized carbons (Fsp3) is 0. The number of nitrogens with one attached hydrogen (secondary N) is 1. The predicted octanol–water partition coefficient (Wildman–Crippen LogP) is 1.47. The van der Waals surface area contributed by atoms with Crippen LogP contribution in [0.3, 0.4) is 0 Å². The van der Waals surface area contributed by atoms with E-state index in [1.54, 1.807) is 12.3 Å². The summed E-state index contributed by atoms with van der Waals surface area (Å²) in [5.41, 5.74) is 1.43. The molecule has 1 N–H and O–H groups in total. The maximum atomic E-state index is 10.3. The number of nitro groups is 1. The molecule has 0 bridgehead atoms. The number of H-pyrrole nitrogens is 1. The highest BCUT2D eigenvalue weighted by molar-refractivity contribution is 5.76. The summed E-state index contributed by atoms with van der Waals surface area (Å²) in [7, 11) is 0. The quantitative estimate of drug-likeness (QED) is 0.511. The number of hydrogen-bond acceptors (Lipinski definition) is 3. The number of rotatable bonds is 1. The van der Waals surface area contributed by atoms with Gasteiger partial charge >= 0.3 is 0 Å². The van der Waals surface area contributed by atoms with Gasteiger partial charge in [0.15, 0.2) is 0 Å². The smallest absolute Gasteiger partial charge is 0.289 e. The lowest BCUT2D eigenvalue weighted by Crippen LogP contribution is -1.88. The highest BCUT2D eigenvalue weighted by Gasteiger charge is 2.06. The molecule has 12 heavy (non-hydrogen) atoms. The lowest BCUT2D eigenvalue weighted by Gasteiger charge is -1.89. The van der Waals surface area contributed by atoms with Crippen molar-refractivity contribution in [1.29, 1.82) is 0 Å². The molecule has 2 aromatic rings. The molecule has 5 heteroatoms. The lowest BCUT2D eigenvalue weighted by atomic mass is 10.3. The normalized spacial score (nSPS) is 10.3. The molecule has 0 atom stereocenters. The fourth-order valence-corrected chi connectivity index (χ4v) is 1.02. The van der Waals surface area contributed by atoms with E-state index in [2.05, 4.69) is 9.97 Å². The molecule has 2 rings (SSSR count). The van der Waals surface area contributed by atoms with Gasteiger partial charge in [0, 0.05) is 12.3 Å². The Kier molecular flexibility index (Phi) is 1.30. The van der Waals surface area contributed by atoms with Crippen LogP contribution in [0.15, 0.2) is 24.5 Å². The van der Waals surface area contributed by atoms with Crippen molar-refractivity contribution in [3.05, 3.63) is 34.6 Å². The van der Waals surface area contributed by atoms with Crippen molar-refractivity contribution < 1.29 is 4.92 Å². The molecule has 5 nitrogen and oxygen atoms in total. The minimum absolute atomic E-state index is 0.00458. The van der Waals surface area contributed by atoms with Crippen LogP contribution in [-0.2, 0) is 0 Å². The molecule has 0 fully saturated rings. The largest absolute Gasteiger partial charge is 0.360 e. The first kappa shape index (κ1) is 6.78. The van der Waals surface area contributed by atoms with Gasteiger partial charge in [-0.3, -0.25) is 10.1 Å². The van der Waals surface area contributed by atoms with Crippen molar-refractivity contribution in [2.45, 2.75) is 0 Å². The van der Waals surface area contributed by atoms with E-state index in [4.69, 9.17) is 0 Å². The molecule has 0 unspecified atom stereocenters. The van der Waals surface area contributed by atoms with Gasteiger partial charge in [0.05, 0.1) is 16.0 Å². The molecule has 0 amide bonds. The van der Waals surface area contributed by atoms with Gasteiger partial charge in [0.25, 0.3) is 5.69 Å². The van der Waals surface area contributed by atoms with E-state index in [0.717, 1.165) is 5.52 Å². The minimum Gasteiger partial charge on any atom is -0.360 e. The maximum absolute atomic E-state index is 10.3. The second-order valence-electron chi connectivity index (χ2n) is 2.36. The Balaban J connectivity index is 2.68. The first-order chi connectivity index (χ1) is 5.77. The second-order valence-corrected chi connectivity index (χ2v) is 2.36.